The zero-order valence-electron chi connectivity index (χ0n) is 14.9. The number of aromatic nitrogens is 3. The number of nitrogens with one attached hydrogen (secondary N) is 1. The van der Waals surface area contributed by atoms with Gasteiger partial charge in [-0.25, -0.2) is 15.0 Å². The van der Waals surface area contributed by atoms with Crippen LogP contribution in [-0.4, -0.2) is 38.8 Å². The van der Waals surface area contributed by atoms with Crippen LogP contribution in [0.3, 0.4) is 0 Å². The van der Waals surface area contributed by atoms with Gasteiger partial charge in [-0.3, -0.25) is 9.69 Å². The number of nitrogens with zero attached hydrogens (tertiary/aromatic N) is 4. The van der Waals surface area contributed by atoms with Crippen molar-refractivity contribution < 1.29 is 4.79 Å². The van der Waals surface area contributed by atoms with Crippen LogP contribution in [0.2, 0.25) is 0 Å². The molecule has 0 saturated carbocycles. The highest BCUT2D eigenvalue weighted by Gasteiger charge is 2.26. The number of rotatable bonds is 5. The summed E-state index contributed by atoms with van der Waals surface area (Å²) in [7, 11) is 0. The van der Waals surface area contributed by atoms with Gasteiger partial charge in [0.1, 0.15) is 0 Å². The number of para-hydroxylation sites is 1. The number of anilines is 1. The molecule has 0 unspecified atom stereocenters. The lowest BCUT2D eigenvalue weighted by molar-refractivity contribution is -0.121. The quantitative estimate of drug-likeness (QED) is 0.735. The minimum atomic E-state index is 0.00881. The van der Waals surface area contributed by atoms with E-state index in [2.05, 4.69) is 30.5 Å². The second-order valence-corrected chi connectivity index (χ2v) is 7.50. The zero-order valence-corrected chi connectivity index (χ0v) is 15.7. The normalized spacial score (nSPS) is 17.6. The van der Waals surface area contributed by atoms with Gasteiger partial charge < -0.3 is 5.32 Å². The Balaban J connectivity index is 1.36. The Morgan fingerprint density at radius 3 is 2.81 bits per heavy atom. The lowest BCUT2D eigenvalue weighted by atomic mass is 9.97. The summed E-state index contributed by atoms with van der Waals surface area (Å²) >= 11 is 1.56. The first kappa shape index (κ1) is 17.8. The molecule has 3 heterocycles. The van der Waals surface area contributed by atoms with Gasteiger partial charge in [0.25, 0.3) is 0 Å². The van der Waals surface area contributed by atoms with E-state index in [-0.39, 0.29) is 11.8 Å². The maximum absolute atomic E-state index is 12.6. The summed E-state index contributed by atoms with van der Waals surface area (Å²) in [5, 5.41) is 5.92. The maximum atomic E-state index is 12.6. The molecule has 138 valence electrons. The molecule has 1 aliphatic rings. The Morgan fingerprint density at radius 1 is 1.19 bits per heavy atom. The molecule has 1 saturated heterocycles. The number of benzene rings is 1. The first-order chi connectivity index (χ1) is 13.3. The van der Waals surface area contributed by atoms with Crippen LogP contribution < -0.4 is 5.32 Å². The highest BCUT2D eigenvalue weighted by Crippen LogP contribution is 2.23. The second-order valence-electron chi connectivity index (χ2n) is 6.65. The molecule has 27 heavy (non-hydrogen) atoms. The number of hydrogen-bond donors (Lipinski definition) is 1. The van der Waals surface area contributed by atoms with Gasteiger partial charge in [-0.2, -0.15) is 0 Å². The van der Waals surface area contributed by atoms with Crippen molar-refractivity contribution in [1.82, 2.24) is 19.9 Å². The van der Waals surface area contributed by atoms with Crippen LogP contribution in [0.15, 0.2) is 54.2 Å². The van der Waals surface area contributed by atoms with E-state index in [9.17, 15) is 4.79 Å². The van der Waals surface area contributed by atoms with Gasteiger partial charge in [0.05, 0.1) is 11.6 Å². The molecule has 0 aliphatic carbocycles. The topological polar surface area (TPSA) is 71.0 Å². The molecule has 6 nitrogen and oxygen atoms in total. The van der Waals surface area contributed by atoms with E-state index < -0.39 is 0 Å². The fraction of sp³-hybridized carbons (Fsp3) is 0.300. The Labute approximate surface area is 162 Å². The van der Waals surface area contributed by atoms with Crippen molar-refractivity contribution in [3.63, 3.8) is 0 Å². The number of piperidine rings is 1. The summed E-state index contributed by atoms with van der Waals surface area (Å²) < 4.78 is 0. The predicted octanol–water partition coefficient (Wildman–Crippen LogP) is 3.45. The number of thiazole rings is 1. The summed E-state index contributed by atoms with van der Waals surface area (Å²) in [4.78, 5) is 28.1. The average molecular weight is 379 g/mol. The molecule has 1 fully saturated rings. The molecule has 7 heteroatoms. The molecule has 0 spiro atoms. The number of carbonyl (C=O) groups excluding carboxylic acids is 1. The number of hydrogen-bond acceptors (Lipinski definition) is 6. The van der Waals surface area contributed by atoms with Crippen molar-refractivity contribution in [1.29, 1.82) is 0 Å². The minimum Gasteiger partial charge on any atom is -0.326 e. The van der Waals surface area contributed by atoms with Gasteiger partial charge in [0.2, 0.25) is 5.91 Å². The van der Waals surface area contributed by atoms with Gasteiger partial charge in [-0.1, -0.05) is 18.2 Å². The van der Waals surface area contributed by atoms with Gasteiger partial charge in [0, 0.05) is 36.6 Å². The summed E-state index contributed by atoms with van der Waals surface area (Å²) in [5.74, 6) is 0.768. The van der Waals surface area contributed by atoms with Gasteiger partial charge >= 0.3 is 0 Å². The number of carbonyl (C=O) groups is 1. The number of likely N-dealkylation sites (tertiary alicyclic amines) is 1. The lowest BCUT2D eigenvalue weighted by Crippen LogP contribution is -2.40. The van der Waals surface area contributed by atoms with E-state index in [4.69, 9.17) is 0 Å². The third-order valence-electron chi connectivity index (χ3n) is 4.61. The summed E-state index contributed by atoms with van der Waals surface area (Å²) in [6.45, 7) is 2.50. The van der Waals surface area contributed by atoms with Crippen molar-refractivity contribution in [3.05, 3.63) is 59.9 Å². The van der Waals surface area contributed by atoms with E-state index in [0.717, 1.165) is 48.9 Å². The Morgan fingerprint density at radius 2 is 2.00 bits per heavy atom. The first-order valence-electron chi connectivity index (χ1n) is 9.08. The van der Waals surface area contributed by atoms with Crippen LogP contribution in [0.25, 0.3) is 10.8 Å². The van der Waals surface area contributed by atoms with E-state index in [1.54, 1.807) is 29.8 Å². The molecule has 2 aromatic heterocycles. The fourth-order valence-electron chi connectivity index (χ4n) is 3.30. The Bertz CT molecular complexity index is 884. The molecule has 0 bridgehead atoms. The van der Waals surface area contributed by atoms with Gasteiger partial charge in [-0.15, -0.1) is 11.3 Å². The van der Waals surface area contributed by atoms with Crippen molar-refractivity contribution in [3.8, 4) is 10.8 Å². The van der Waals surface area contributed by atoms with Crippen LogP contribution in [-0.2, 0) is 11.3 Å². The summed E-state index contributed by atoms with van der Waals surface area (Å²) in [6.07, 6.45) is 5.40. The third kappa shape index (κ3) is 4.56. The molecule has 1 atom stereocenters. The van der Waals surface area contributed by atoms with E-state index in [1.807, 2.05) is 30.3 Å². The van der Waals surface area contributed by atoms with Gasteiger partial charge in [-0.05, 0) is 37.6 Å². The number of amides is 1. The largest absolute Gasteiger partial charge is 0.326 e. The Hall–Kier alpha value is -2.64. The van der Waals surface area contributed by atoms with Crippen LogP contribution in [0, 0.1) is 5.92 Å². The fourth-order valence-corrected chi connectivity index (χ4v) is 4.06. The summed E-state index contributed by atoms with van der Waals surface area (Å²) in [5.41, 5.74) is 1.86. The molecule has 3 aromatic rings. The molecule has 1 aliphatic heterocycles. The molecule has 1 aromatic carbocycles. The van der Waals surface area contributed by atoms with Crippen molar-refractivity contribution >= 4 is 22.9 Å². The molecule has 0 radical (unpaired) electrons. The highest BCUT2D eigenvalue weighted by molar-refractivity contribution is 7.13. The minimum absolute atomic E-state index is 0.00881. The van der Waals surface area contributed by atoms with Crippen LogP contribution in [0.4, 0.5) is 5.69 Å². The first-order valence-corrected chi connectivity index (χ1v) is 9.96. The lowest BCUT2D eigenvalue weighted by Gasteiger charge is -2.31. The van der Waals surface area contributed by atoms with Crippen molar-refractivity contribution in [2.45, 2.75) is 19.4 Å². The molecule has 4 rings (SSSR count). The standard InChI is InChI=1S/C20H21N5OS/c26-19(23-16-7-2-1-3-8-16)15-6-4-11-25(12-15)13-17-14-27-20(24-17)18-21-9-5-10-22-18/h1-3,5,7-10,14-15H,4,6,11-13H2,(H,23,26)/t15-/m0/s1. The molecular formula is C20H21N5OS. The molecule has 1 N–H and O–H groups in total. The average Bonchev–Trinajstić information content (AvgIpc) is 3.18. The SMILES string of the molecule is O=C(Nc1ccccc1)[C@H]1CCCN(Cc2csc(-c3ncccn3)n2)C1. The molecular weight excluding hydrogens is 358 g/mol. The second kappa shape index (κ2) is 8.37. The monoisotopic (exact) mass is 379 g/mol. The predicted molar refractivity (Wildman–Crippen MR) is 106 cm³/mol. The summed E-state index contributed by atoms with van der Waals surface area (Å²) in [6, 6.07) is 11.4. The maximum Gasteiger partial charge on any atom is 0.228 e. The third-order valence-corrected chi connectivity index (χ3v) is 5.50. The Kier molecular flexibility index (Phi) is 5.50. The molecule has 1 amide bonds. The van der Waals surface area contributed by atoms with Crippen LogP contribution in [0.5, 0.6) is 0 Å². The van der Waals surface area contributed by atoms with Crippen molar-refractivity contribution in [2.75, 3.05) is 18.4 Å². The van der Waals surface area contributed by atoms with E-state index in [1.165, 1.54) is 0 Å². The van der Waals surface area contributed by atoms with E-state index >= 15 is 0 Å². The van der Waals surface area contributed by atoms with Crippen molar-refractivity contribution in [2.24, 2.45) is 5.92 Å². The smallest absolute Gasteiger partial charge is 0.228 e. The van der Waals surface area contributed by atoms with Crippen LogP contribution >= 0.6 is 11.3 Å². The van der Waals surface area contributed by atoms with Crippen LogP contribution in [0.1, 0.15) is 18.5 Å². The zero-order chi connectivity index (χ0) is 18.5. The van der Waals surface area contributed by atoms with Gasteiger partial charge in [0.15, 0.2) is 10.8 Å². The highest BCUT2D eigenvalue weighted by atomic mass is 32.1. The van der Waals surface area contributed by atoms with E-state index in [0.29, 0.717) is 5.82 Å².